The van der Waals surface area contributed by atoms with Gasteiger partial charge in [0.2, 0.25) is 5.91 Å². The Morgan fingerprint density at radius 3 is 2.57 bits per heavy atom. The molecule has 2 saturated heterocycles. The van der Waals surface area contributed by atoms with E-state index in [1.54, 1.807) is 4.90 Å². The van der Waals surface area contributed by atoms with Crippen LogP contribution in [0.15, 0.2) is 0 Å². The van der Waals surface area contributed by atoms with Gasteiger partial charge in [-0.05, 0) is 19.3 Å². The summed E-state index contributed by atoms with van der Waals surface area (Å²) in [5.41, 5.74) is 6.45. The number of carbonyl (C=O) groups excluding carboxylic acids is 1. The molecule has 2 N–H and O–H groups in total. The maximum absolute atomic E-state index is 14.1. The first-order valence-corrected chi connectivity index (χ1v) is 9.08. The van der Waals surface area contributed by atoms with E-state index in [9.17, 15) is 9.18 Å². The molecule has 0 spiro atoms. The zero-order valence-corrected chi connectivity index (χ0v) is 14.3. The smallest absolute Gasteiger partial charge is 0.241 e. The number of nitrogens with zero attached hydrogens (tertiary/aromatic N) is 1. The molecular weight excluding hydrogens is 297 g/mol. The van der Waals surface area contributed by atoms with Crippen molar-refractivity contribution in [2.45, 2.75) is 69.8 Å². The summed E-state index contributed by atoms with van der Waals surface area (Å²) in [6.07, 6.45) is 5.37. The van der Waals surface area contributed by atoms with Gasteiger partial charge in [0.25, 0.3) is 0 Å². The lowest BCUT2D eigenvalue weighted by molar-refractivity contribution is -0.139. The van der Waals surface area contributed by atoms with Crippen LogP contribution in [0.25, 0.3) is 0 Å². The van der Waals surface area contributed by atoms with Crippen molar-refractivity contribution in [1.82, 2.24) is 15.8 Å². The number of hydrazine groups is 1. The van der Waals surface area contributed by atoms with E-state index in [0.29, 0.717) is 24.8 Å². The normalized spacial score (nSPS) is 39.6. The molecule has 132 valence electrons. The molecule has 5 nitrogen and oxygen atoms in total. The summed E-state index contributed by atoms with van der Waals surface area (Å²) in [5, 5.41) is 0. The molecule has 23 heavy (non-hydrogen) atoms. The van der Waals surface area contributed by atoms with Gasteiger partial charge in [-0.25, -0.2) is 9.82 Å². The fourth-order valence-electron chi connectivity index (χ4n) is 4.67. The van der Waals surface area contributed by atoms with Gasteiger partial charge in [-0.3, -0.25) is 10.2 Å². The molecule has 3 unspecified atom stereocenters. The van der Waals surface area contributed by atoms with Gasteiger partial charge in [-0.15, -0.1) is 0 Å². The summed E-state index contributed by atoms with van der Waals surface area (Å²) in [7, 11) is 1.54. The van der Waals surface area contributed by atoms with Crippen molar-refractivity contribution in [3.05, 3.63) is 0 Å². The Hall–Kier alpha value is -0.720. The minimum Gasteiger partial charge on any atom is -0.378 e. The van der Waals surface area contributed by atoms with E-state index in [-0.39, 0.29) is 30.6 Å². The van der Waals surface area contributed by atoms with Crippen molar-refractivity contribution in [2.24, 2.45) is 11.8 Å². The largest absolute Gasteiger partial charge is 0.378 e. The first-order chi connectivity index (χ1) is 11.1. The van der Waals surface area contributed by atoms with Crippen LogP contribution in [-0.2, 0) is 9.53 Å². The van der Waals surface area contributed by atoms with Gasteiger partial charge in [-0.1, -0.05) is 32.1 Å². The average molecular weight is 327 g/mol. The van der Waals surface area contributed by atoms with E-state index < -0.39 is 6.17 Å². The van der Waals surface area contributed by atoms with Gasteiger partial charge in [0, 0.05) is 25.6 Å². The summed E-state index contributed by atoms with van der Waals surface area (Å²) >= 11 is 0. The molecule has 1 aliphatic carbocycles. The minimum absolute atomic E-state index is 0.0506. The Labute approximate surface area is 138 Å². The number of rotatable bonds is 3. The minimum atomic E-state index is -1.09. The molecule has 3 fully saturated rings. The molecule has 0 radical (unpaired) electrons. The Bertz CT molecular complexity index is 417. The van der Waals surface area contributed by atoms with E-state index in [1.165, 1.54) is 39.2 Å². The third-order valence-corrected chi connectivity index (χ3v) is 5.99. The third-order valence-electron chi connectivity index (χ3n) is 5.99. The number of ether oxygens (including phenoxy) is 1. The molecule has 1 saturated carbocycles. The van der Waals surface area contributed by atoms with E-state index in [4.69, 9.17) is 4.74 Å². The van der Waals surface area contributed by atoms with Gasteiger partial charge < -0.3 is 9.64 Å². The Morgan fingerprint density at radius 1 is 1.17 bits per heavy atom. The molecule has 0 bridgehead atoms. The third kappa shape index (κ3) is 3.54. The van der Waals surface area contributed by atoms with Crippen LogP contribution in [0.4, 0.5) is 4.39 Å². The zero-order valence-electron chi connectivity index (χ0n) is 14.3. The maximum atomic E-state index is 14.1. The van der Waals surface area contributed by atoms with Crippen LogP contribution in [0.3, 0.4) is 0 Å². The molecule has 0 aromatic carbocycles. The Kier molecular flexibility index (Phi) is 5.54. The number of likely N-dealkylation sites (tertiary alicyclic amines) is 1. The fourth-order valence-corrected chi connectivity index (χ4v) is 4.67. The number of nitrogens with one attached hydrogen (secondary N) is 2. The average Bonchev–Trinajstić information content (AvgIpc) is 2.96. The molecule has 5 atom stereocenters. The van der Waals surface area contributed by atoms with Crippen LogP contribution >= 0.6 is 0 Å². The van der Waals surface area contributed by atoms with Crippen LogP contribution in [0.2, 0.25) is 0 Å². The molecular formula is C17H30FN3O2. The lowest BCUT2D eigenvalue weighted by atomic mass is 9.74. The van der Waals surface area contributed by atoms with Crippen molar-refractivity contribution in [2.75, 3.05) is 20.2 Å². The topological polar surface area (TPSA) is 53.6 Å². The van der Waals surface area contributed by atoms with Crippen molar-refractivity contribution in [1.29, 1.82) is 0 Å². The number of amides is 1. The highest BCUT2D eigenvalue weighted by Gasteiger charge is 2.45. The number of piperidine rings is 1. The predicted molar refractivity (Wildman–Crippen MR) is 86.5 cm³/mol. The highest BCUT2D eigenvalue weighted by molar-refractivity contribution is 5.83. The lowest BCUT2D eigenvalue weighted by Crippen LogP contribution is -2.55. The van der Waals surface area contributed by atoms with Gasteiger partial charge in [0.05, 0.1) is 12.6 Å². The molecule has 0 aromatic heterocycles. The molecule has 3 aliphatic rings. The van der Waals surface area contributed by atoms with E-state index in [1.807, 2.05) is 0 Å². The number of hydrogen-bond donors (Lipinski definition) is 2. The van der Waals surface area contributed by atoms with Crippen LogP contribution in [-0.4, -0.2) is 55.4 Å². The summed E-state index contributed by atoms with van der Waals surface area (Å²) < 4.78 is 19.3. The van der Waals surface area contributed by atoms with Gasteiger partial charge in [0.15, 0.2) is 0 Å². The molecule has 1 amide bonds. The number of alkyl halides is 1. The maximum Gasteiger partial charge on any atom is 0.241 e. The fraction of sp³-hybridized carbons (Fsp3) is 0.941. The number of hydrogen-bond acceptors (Lipinski definition) is 4. The van der Waals surface area contributed by atoms with Gasteiger partial charge in [-0.2, -0.15) is 0 Å². The molecule has 0 aromatic rings. The monoisotopic (exact) mass is 327 g/mol. The van der Waals surface area contributed by atoms with Crippen molar-refractivity contribution in [3.63, 3.8) is 0 Å². The second-order valence-corrected chi connectivity index (χ2v) is 7.39. The number of halogens is 1. The zero-order chi connectivity index (χ0) is 16.4. The first kappa shape index (κ1) is 17.1. The Morgan fingerprint density at radius 2 is 1.91 bits per heavy atom. The summed E-state index contributed by atoms with van der Waals surface area (Å²) in [6, 6.07) is 0.0594. The quantitative estimate of drug-likeness (QED) is 0.827. The lowest BCUT2D eigenvalue weighted by Gasteiger charge is -2.38. The number of methoxy groups -OCH3 is 1. The van der Waals surface area contributed by atoms with E-state index in [0.717, 1.165) is 0 Å². The summed E-state index contributed by atoms with van der Waals surface area (Å²) in [6.45, 7) is 2.89. The Balaban J connectivity index is 1.65. The SMILES string of the molecule is CO[C@H]1CCN(C(=O)C2NNC(C)C2C2CCCCC2)C[C@H]1F. The molecule has 2 aliphatic heterocycles. The van der Waals surface area contributed by atoms with E-state index in [2.05, 4.69) is 17.8 Å². The second-order valence-electron chi connectivity index (χ2n) is 7.39. The summed E-state index contributed by atoms with van der Waals surface area (Å²) in [4.78, 5) is 14.6. The second kappa shape index (κ2) is 7.45. The van der Waals surface area contributed by atoms with Crippen LogP contribution < -0.4 is 10.9 Å². The predicted octanol–water partition coefficient (Wildman–Crippen LogP) is 1.63. The molecule has 6 heteroatoms. The highest BCUT2D eigenvalue weighted by atomic mass is 19.1. The molecule has 3 rings (SSSR count). The van der Waals surface area contributed by atoms with Crippen molar-refractivity contribution < 1.29 is 13.9 Å². The standard InChI is InChI=1S/C17H30FN3O2/c1-11-15(12-6-4-3-5-7-12)16(20-19-11)17(22)21-9-8-14(23-2)13(18)10-21/h11-16,19-20H,3-10H2,1-2H3/t11?,13-,14+,15?,16?/m1/s1. The first-order valence-electron chi connectivity index (χ1n) is 9.08. The van der Waals surface area contributed by atoms with Gasteiger partial charge >= 0.3 is 0 Å². The summed E-state index contributed by atoms with van der Waals surface area (Å²) in [5.74, 6) is 0.948. The van der Waals surface area contributed by atoms with Crippen LogP contribution in [0, 0.1) is 11.8 Å². The van der Waals surface area contributed by atoms with E-state index >= 15 is 0 Å². The van der Waals surface area contributed by atoms with Crippen molar-refractivity contribution in [3.8, 4) is 0 Å². The molecule has 2 heterocycles. The van der Waals surface area contributed by atoms with Crippen LogP contribution in [0.5, 0.6) is 0 Å². The number of carbonyl (C=O) groups is 1. The van der Waals surface area contributed by atoms with Gasteiger partial charge in [0.1, 0.15) is 12.2 Å². The van der Waals surface area contributed by atoms with Crippen molar-refractivity contribution >= 4 is 5.91 Å². The van der Waals surface area contributed by atoms with Crippen LogP contribution in [0.1, 0.15) is 45.4 Å². The highest BCUT2D eigenvalue weighted by Crippen LogP contribution is 2.36.